The molecule has 126 valence electrons. The number of likely N-dealkylation sites (tertiary alicyclic amines) is 1. The number of rotatable bonds is 4. The van der Waals surface area contributed by atoms with Crippen LogP contribution < -0.4 is 15.2 Å². The summed E-state index contributed by atoms with van der Waals surface area (Å²) in [4.78, 5) is 2.48. The lowest BCUT2D eigenvalue weighted by Crippen LogP contribution is -2.23. The minimum atomic E-state index is 0.306. The van der Waals surface area contributed by atoms with Gasteiger partial charge in [-0.1, -0.05) is 46.3 Å². The number of benzene rings is 2. The molecule has 0 saturated carbocycles. The number of hydrogen-bond acceptors (Lipinski definition) is 4. The maximum absolute atomic E-state index is 6.05. The molecular formula is C19H21BrN2O2. The summed E-state index contributed by atoms with van der Waals surface area (Å²) >= 11 is 3.66. The molecule has 1 saturated heterocycles. The van der Waals surface area contributed by atoms with Crippen molar-refractivity contribution < 1.29 is 9.47 Å². The van der Waals surface area contributed by atoms with Gasteiger partial charge < -0.3 is 15.2 Å². The highest BCUT2D eigenvalue weighted by atomic mass is 79.9. The van der Waals surface area contributed by atoms with Crippen molar-refractivity contribution in [2.75, 3.05) is 26.4 Å². The lowest BCUT2D eigenvalue weighted by Gasteiger charge is -2.17. The van der Waals surface area contributed by atoms with E-state index in [4.69, 9.17) is 15.2 Å². The van der Waals surface area contributed by atoms with Gasteiger partial charge in [-0.25, -0.2) is 0 Å². The molecule has 2 heterocycles. The summed E-state index contributed by atoms with van der Waals surface area (Å²) in [7, 11) is 0. The molecule has 2 aromatic carbocycles. The number of fused-ring (bicyclic) bond motifs is 1. The number of halogens is 1. The summed E-state index contributed by atoms with van der Waals surface area (Å²) in [5.41, 5.74) is 8.66. The van der Waals surface area contributed by atoms with Gasteiger partial charge in [0, 0.05) is 30.0 Å². The van der Waals surface area contributed by atoms with Crippen LogP contribution >= 0.6 is 15.9 Å². The van der Waals surface area contributed by atoms with Crippen molar-refractivity contribution in [3.8, 4) is 11.5 Å². The molecule has 4 nitrogen and oxygen atoms in total. The van der Waals surface area contributed by atoms with Crippen molar-refractivity contribution in [2.24, 2.45) is 11.7 Å². The Morgan fingerprint density at radius 1 is 1.08 bits per heavy atom. The molecule has 4 rings (SSSR count). The van der Waals surface area contributed by atoms with Gasteiger partial charge in [-0.15, -0.1) is 0 Å². The summed E-state index contributed by atoms with van der Waals surface area (Å²) in [6.07, 6.45) is 0. The summed E-state index contributed by atoms with van der Waals surface area (Å²) in [5.74, 6) is 2.65. The molecule has 0 spiro atoms. The van der Waals surface area contributed by atoms with Crippen molar-refractivity contribution in [1.29, 1.82) is 0 Å². The van der Waals surface area contributed by atoms with E-state index in [9.17, 15) is 0 Å². The van der Waals surface area contributed by atoms with E-state index >= 15 is 0 Å². The number of hydrogen-bond donors (Lipinski definition) is 1. The zero-order valence-corrected chi connectivity index (χ0v) is 15.0. The third kappa shape index (κ3) is 3.04. The van der Waals surface area contributed by atoms with E-state index in [0.29, 0.717) is 18.6 Å². The van der Waals surface area contributed by atoms with E-state index in [0.717, 1.165) is 42.2 Å². The second-order valence-corrected chi connectivity index (χ2v) is 7.36. The molecule has 0 aromatic heterocycles. The van der Waals surface area contributed by atoms with Crippen molar-refractivity contribution in [1.82, 2.24) is 4.90 Å². The van der Waals surface area contributed by atoms with Crippen LogP contribution in [-0.4, -0.2) is 31.3 Å². The van der Waals surface area contributed by atoms with Crippen molar-refractivity contribution in [3.63, 3.8) is 0 Å². The molecule has 0 aliphatic carbocycles. The van der Waals surface area contributed by atoms with E-state index in [2.05, 4.69) is 57.2 Å². The van der Waals surface area contributed by atoms with Gasteiger partial charge in [-0.2, -0.15) is 0 Å². The first-order valence-corrected chi connectivity index (χ1v) is 9.09. The Bertz CT molecular complexity index is 723. The fourth-order valence-electron chi connectivity index (χ4n) is 3.73. The molecular weight excluding hydrogens is 368 g/mol. The second kappa shape index (κ2) is 6.75. The standard InChI is InChI=1S/C19H21BrN2O2/c20-17-7-19-18(23-12-24-19)6-14(17)9-22-10-15(8-21)16(11-22)13-4-2-1-3-5-13/h1-7,15-16H,8-12,21H2/t15-,16+/m1/s1. The van der Waals surface area contributed by atoms with Gasteiger partial charge in [0.15, 0.2) is 11.5 Å². The van der Waals surface area contributed by atoms with Crippen molar-refractivity contribution >= 4 is 15.9 Å². The summed E-state index contributed by atoms with van der Waals surface area (Å²) in [6.45, 7) is 3.97. The first-order valence-electron chi connectivity index (χ1n) is 8.30. The largest absolute Gasteiger partial charge is 0.454 e. The molecule has 2 N–H and O–H groups in total. The van der Waals surface area contributed by atoms with Gasteiger partial charge in [0.05, 0.1) is 0 Å². The topological polar surface area (TPSA) is 47.7 Å². The van der Waals surface area contributed by atoms with Crippen LogP contribution in [0.1, 0.15) is 17.0 Å². The van der Waals surface area contributed by atoms with Gasteiger partial charge in [0.2, 0.25) is 6.79 Å². The van der Waals surface area contributed by atoms with E-state index in [1.54, 1.807) is 0 Å². The summed E-state index contributed by atoms with van der Waals surface area (Å²) in [5, 5.41) is 0. The molecule has 0 bridgehead atoms. The van der Waals surface area contributed by atoms with Crippen LogP contribution in [0.5, 0.6) is 11.5 Å². The molecule has 2 atom stereocenters. The average Bonchev–Trinajstić information content (AvgIpc) is 3.22. The number of ether oxygens (including phenoxy) is 2. The zero-order valence-electron chi connectivity index (χ0n) is 13.5. The van der Waals surface area contributed by atoms with E-state index < -0.39 is 0 Å². The van der Waals surface area contributed by atoms with Gasteiger partial charge in [-0.3, -0.25) is 4.90 Å². The lowest BCUT2D eigenvalue weighted by atomic mass is 9.89. The third-order valence-corrected chi connectivity index (χ3v) is 5.72. The van der Waals surface area contributed by atoms with Crippen LogP contribution in [0, 0.1) is 5.92 Å². The first-order chi connectivity index (χ1) is 11.7. The van der Waals surface area contributed by atoms with E-state index in [-0.39, 0.29) is 0 Å². The smallest absolute Gasteiger partial charge is 0.231 e. The van der Waals surface area contributed by atoms with Crippen molar-refractivity contribution in [2.45, 2.75) is 12.5 Å². The maximum atomic E-state index is 6.05. The quantitative estimate of drug-likeness (QED) is 0.872. The Morgan fingerprint density at radius 2 is 1.83 bits per heavy atom. The van der Waals surface area contributed by atoms with Gasteiger partial charge in [0.1, 0.15) is 0 Å². The molecule has 1 fully saturated rings. The molecule has 24 heavy (non-hydrogen) atoms. The average molecular weight is 389 g/mol. The predicted molar refractivity (Wildman–Crippen MR) is 97.3 cm³/mol. The minimum Gasteiger partial charge on any atom is -0.454 e. The highest BCUT2D eigenvalue weighted by molar-refractivity contribution is 9.10. The number of nitrogens with two attached hydrogens (primary N) is 1. The molecule has 5 heteroatoms. The van der Waals surface area contributed by atoms with E-state index in [1.807, 2.05) is 6.07 Å². The summed E-state index contributed by atoms with van der Waals surface area (Å²) in [6, 6.07) is 14.8. The lowest BCUT2D eigenvalue weighted by molar-refractivity contribution is 0.174. The van der Waals surface area contributed by atoms with Crippen LogP contribution in [0.2, 0.25) is 0 Å². The Hall–Kier alpha value is -1.56. The second-order valence-electron chi connectivity index (χ2n) is 6.50. The fourth-order valence-corrected chi connectivity index (χ4v) is 4.18. The van der Waals surface area contributed by atoms with Crippen LogP contribution in [-0.2, 0) is 6.54 Å². The van der Waals surface area contributed by atoms with Crippen LogP contribution in [0.4, 0.5) is 0 Å². The fraction of sp³-hybridized carbons (Fsp3) is 0.368. The van der Waals surface area contributed by atoms with E-state index in [1.165, 1.54) is 11.1 Å². The zero-order chi connectivity index (χ0) is 16.5. The normalized spacial score (nSPS) is 22.9. The van der Waals surface area contributed by atoms with Crippen molar-refractivity contribution in [3.05, 3.63) is 58.1 Å². The van der Waals surface area contributed by atoms with Gasteiger partial charge >= 0.3 is 0 Å². The third-order valence-electron chi connectivity index (χ3n) is 4.98. The Labute approximate surface area is 150 Å². The minimum absolute atomic E-state index is 0.306. The Kier molecular flexibility index (Phi) is 4.48. The maximum Gasteiger partial charge on any atom is 0.231 e. The molecule has 0 amide bonds. The highest BCUT2D eigenvalue weighted by Crippen LogP contribution is 2.39. The highest BCUT2D eigenvalue weighted by Gasteiger charge is 2.33. The monoisotopic (exact) mass is 388 g/mol. The Morgan fingerprint density at radius 3 is 2.58 bits per heavy atom. The molecule has 2 aliphatic rings. The van der Waals surface area contributed by atoms with Crippen LogP contribution in [0.15, 0.2) is 46.9 Å². The van der Waals surface area contributed by atoms with Crippen LogP contribution in [0.25, 0.3) is 0 Å². The Balaban J connectivity index is 1.52. The predicted octanol–water partition coefficient (Wildman–Crippen LogP) is 3.35. The first kappa shape index (κ1) is 15.9. The summed E-state index contributed by atoms with van der Waals surface area (Å²) < 4.78 is 12.0. The SMILES string of the molecule is NC[C@@H]1CN(Cc2cc3c(cc2Br)OCO3)C[C@H]1c1ccccc1. The van der Waals surface area contributed by atoms with Crippen LogP contribution in [0.3, 0.4) is 0 Å². The van der Waals surface area contributed by atoms with Gasteiger partial charge in [0.25, 0.3) is 0 Å². The molecule has 2 aliphatic heterocycles. The number of nitrogens with zero attached hydrogens (tertiary/aromatic N) is 1. The molecule has 0 radical (unpaired) electrons. The molecule has 0 unspecified atom stereocenters. The van der Waals surface area contributed by atoms with Gasteiger partial charge in [-0.05, 0) is 35.7 Å². The molecule has 2 aromatic rings.